The zero-order valence-electron chi connectivity index (χ0n) is 24.4. The van der Waals surface area contributed by atoms with Crippen molar-refractivity contribution in [3.63, 3.8) is 0 Å². The third kappa shape index (κ3) is 6.37. The molecule has 3 aromatic rings. The molecule has 6 rings (SSSR count). The number of carbonyl (C=O) groups is 4. The Morgan fingerprint density at radius 1 is 1.26 bits per heavy atom. The van der Waals surface area contributed by atoms with Crippen molar-refractivity contribution in [2.75, 3.05) is 16.4 Å². The number of nitrogens with zero attached hydrogens (tertiary/aromatic N) is 7. The molecule has 0 spiro atoms. The zero-order valence-corrected chi connectivity index (χ0v) is 28.1. The molecule has 1 saturated heterocycles. The molecule has 2 unspecified atom stereocenters. The Kier molecular flexibility index (Phi) is 9.78. The van der Waals surface area contributed by atoms with Gasteiger partial charge in [-0.15, -0.1) is 16.9 Å². The molecule has 20 heteroatoms. The number of aromatic hydroxyl groups is 1. The number of phenols is 1. The SMILES string of the molecule is Cn1nnnc1SCC1=C(C(=O)[O-])N2C(=O)C(NC(=O)C(c3ccc(O)cc3)N(C(N)=O)c3cnc(C4CC4)[nH]c3=O)[C@@H]2SC1.[Na+]. The molecule has 3 aliphatic rings. The normalized spacial score (nSPS) is 19.4. The summed E-state index contributed by atoms with van der Waals surface area (Å²) in [6.07, 6.45) is 2.89. The van der Waals surface area contributed by atoms with Crippen molar-refractivity contribution in [3.8, 4) is 5.75 Å². The zero-order chi connectivity index (χ0) is 32.0. The maximum Gasteiger partial charge on any atom is 1.00 e. The number of aliphatic carboxylic acids is 1. The summed E-state index contributed by atoms with van der Waals surface area (Å²) in [6, 6.07) is 1.43. The fourth-order valence-electron chi connectivity index (χ4n) is 5.11. The molecule has 2 fully saturated rings. The Bertz CT molecular complexity index is 1800. The number of H-pyrrole nitrogens is 1. The van der Waals surface area contributed by atoms with Gasteiger partial charge >= 0.3 is 35.6 Å². The first-order chi connectivity index (χ1) is 21.5. The second-order valence-corrected chi connectivity index (χ2v) is 12.5. The molecule has 1 aromatic carbocycles. The van der Waals surface area contributed by atoms with Crippen LogP contribution in [0, 0.1) is 0 Å². The Labute approximate surface area is 290 Å². The summed E-state index contributed by atoms with van der Waals surface area (Å²) >= 11 is 2.43. The van der Waals surface area contributed by atoms with Crippen molar-refractivity contribution in [3.05, 3.63) is 63.5 Å². The van der Waals surface area contributed by atoms with Crippen molar-refractivity contribution >= 4 is 53.0 Å². The minimum absolute atomic E-state index is 0. The Balaban J connectivity index is 0.00000417. The molecule has 2 aromatic heterocycles. The molecule has 46 heavy (non-hydrogen) atoms. The number of amides is 4. The summed E-state index contributed by atoms with van der Waals surface area (Å²) in [7, 11) is 1.63. The van der Waals surface area contributed by atoms with Crippen molar-refractivity contribution in [1.29, 1.82) is 0 Å². The van der Waals surface area contributed by atoms with E-state index in [1.165, 1.54) is 58.7 Å². The van der Waals surface area contributed by atoms with Crippen molar-refractivity contribution < 1.29 is 58.9 Å². The molecule has 2 aliphatic heterocycles. The smallest absolute Gasteiger partial charge is 0.543 e. The van der Waals surface area contributed by atoms with Crippen LogP contribution >= 0.6 is 23.5 Å². The molecular formula is C26H25N10NaO7S2. The average molecular weight is 677 g/mol. The number of urea groups is 1. The molecule has 234 valence electrons. The molecule has 1 aliphatic carbocycles. The number of phenolic OH excluding ortho intramolecular Hbond substituents is 1. The van der Waals surface area contributed by atoms with Gasteiger partial charge in [0.25, 0.3) is 11.5 Å². The van der Waals surface area contributed by atoms with Crippen molar-refractivity contribution in [2.24, 2.45) is 12.8 Å². The number of thioether (sulfide) groups is 2. The van der Waals surface area contributed by atoms with Gasteiger partial charge in [-0.1, -0.05) is 23.9 Å². The van der Waals surface area contributed by atoms with Crippen molar-refractivity contribution in [1.82, 2.24) is 40.4 Å². The number of β-lactam (4-membered cyclic amide) rings is 1. The average Bonchev–Trinajstić information content (AvgIpc) is 3.78. The summed E-state index contributed by atoms with van der Waals surface area (Å²) in [5, 5.41) is 35.4. The minimum Gasteiger partial charge on any atom is -0.543 e. The fourth-order valence-corrected chi connectivity index (χ4v) is 7.44. The number of aryl methyl sites for hydroxylation is 1. The van der Waals surface area contributed by atoms with E-state index >= 15 is 0 Å². The number of hydrogen-bond acceptors (Lipinski definition) is 13. The second-order valence-electron chi connectivity index (χ2n) is 10.5. The van der Waals surface area contributed by atoms with Crippen LogP contribution in [-0.2, 0) is 21.4 Å². The van der Waals surface area contributed by atoms with Crippen LogP contribution in [0.25, 0.3) is 0 Å². The van der Waals surface area contributed by atoms with Crippen LogP contribution < -0.4 is 56.2 Å². The van der Waals surface area contributed by atoms with Crippen LogP contribution in [0.2, 0.25) is 0 Å². The fraction of sp³-hybridized carbons (Fsp3) is 0.346. The predicted octanol–water partition coefficient (Wildman–Crippen LogP) is -4.30. The van der Waals surface area contributed by atoms with E-state index in [0.29, 0.717) is 16.6 Å². The van der Waals surface area contributed by atoms with Gasteiger partial charge in [-0.2, -0.15) is 0 Å². The molecule has 0 bridgehead atoms. The number of tetrazole rings is 1. The first-order valence-corrected chi connectivity index (χ1v) is 15.6. The molecule has 1 saturated carbocycles. The summed E-state index contributed by atoms with van der Waals surface area (Å²) in [5.74, 6) is -2.30. The van der Waals surface area contributed by atoms with Crippen LogP contribution in [0.1, 0.15) is 36.2 Å². The number of hydrogen-bond donors (Lipinski definition) is 4. The number of nitrogens with one attached hydrogen (secondary N) is 2. The maximum absolute atomic E-state index is 13.9. The molecule has 4 amide bonds. The maximum atomic E-state index is 13.9. The monoisotopic (exact) mass is 676 g/mol. The number of aromatic nitrogens is 6. The van der Waals surface area contributed by atoms with Gasteiger partial charge in [-0.05, 0) is 46.5 Å². The van der Waals surface area contributed by atoms with Crippen LogP contribution in [0.15, 0.2) is 51.7 Å². The summed E-state index contributed by atoms with van der Waals surface area (Å²) in [4.78, 5) is 74.0. The number of primary amides is 1. The third-order valence-electron chi connectivity index (χ3n) is 7.47. The standard InChI is InChI=1S/C26H26N10O7S2.Na/c1-34-26(31-32-33-34)45-10-13-9-44-23-16(22(40)36(23)18(13)24(41)42)29-21(39)17(11-4-6-14(37)7-5-11)35(25(27)43)15-8-28-19(12-2-3-12)30-20(15)38;/h4-8,12,16-17,23,37H,2-3,9-10H2,1H3,(H2,27,43)(H,29,39)(H,41,42)(H,28,30,38);/q;+1/p-1/t16?,17?,23-;/m0./s1. The first-order valence-electron chi connectivity index (χ1n) is 13.6. The predicted molar refractivity (Wildman–Crippen MR) is 156 cm³/mol. The number of carboxylic acids is 1. The number of rotatable bonds is 10. The summed E-state index contributed by atoms with van der Waals surface area (Å²) < 4.78 is 1.42. The molecule has 3 atom stereocenters. The summed E-state index contributed by atoms with van der Waals surface area (Å²) in [6.45, 7) is 0. The van der Waals surface area contributed by atoms with Gasteiger partial charge in [-0.25, -0.2) is 14.5 Å². The van der Waals surface area contributed by atoms with E-state index < -0.39 is 46.8 Å². The van der Waals surface area contributed by atoms with E-state index in [1.54, 1.807) is 7.05 Å². The van der Waals surface area contributed by atoms with Gasteiger partial charge in [0.1, 0.15) is 34.7 Å². The summed E-state index contributed by atoms with van der Waals surface area (Å²) in [5.41, 5.74) is 5.02. The van der Waals surface area contributed by atoms with Crippen LogP contribution in [0.4, 0.5) is 10.5 Å². The van der Waals surface area contributed by atoms with Crippen LogP contribution in [-0.4, -0.2) is 86.9 Å². The number of carbonyl (C=O) groups excluding carboxylic acids is 4. The second kappa shape index (κ2) is 13.4. The van der Waals surface area contributed by atoms with Gasteiger partial charge < -0.3 is 31.0 Å². The quantitative estimate of drug-likeness (QED) is 0.0903. The molecule has 17 nitrogen and oxygen atoms in total. The van der Waals surface area contributed by atoms with Gasteiger partial charge in [-0.3, -0.25) is 24.2 Å². The molecule has 0 radical (unpaired) electrons. The number of benzene rings is 1. The van der Waals surface area contributed by atoms with Crippen molar-refractivity contribution in [2.45, 2.75) is 41.4 Å². The minimum atomic E-state index is -1.56. The Morgan fingerprint density at radius 3 is 2.57 bits per heavy atom. The third-order valence-corrected chi connectivity index (χ3v) is 9.91. The van der Waals surface area contributed by atoms with E-state index in [0.717, 1.165) is 22.6 Å². The van der Waals surface area contributed by atoms with Gasteiger partial charge in [0.05, 0.1) is 17.9 Å². The molecular weight excluding hydrogens is 651 g/mol. The molecule has 5 N–H and O–H groups in total. The van der Waals surface area contributed by atoms with Crippen LogP contribution in [0.5, 0.6) is 5.75 Å². The van der Waals surface area contributed by atoms with Gasteiger partial charge in [0, 0.05) is 24.5 Å². The van der Waals surface area contributed by atoms with Gasteiger partial charge in [0.2, 0.25) is 11.1 Å². The topological polar surface area (TPSA) is 245 Å². The Morgan fingerprint density at radius 2 is 1.98 bits per heavy atom. The number of fused-ring (bicyclic) bond motifs is 1. The van der Waals surface area contributed by atoms with E-state index in [4.69, 9.17) is 5.73 Å². The van der Waals surface area contributed by atoms with Crippen LogP contribution in [0.3, 0.4) is 0 Å². The molecule has 4 heterocycles. The number of aromatic amines is 1. The number of carboxylic acid groups (broad SMARTS) is 1. The Hall–Kier alpha value is -3.91. The van der Waals surface area contributed by atoms with Gasteiger partial charge in [0.15, 0.2) is 0 Å². The first kappa shape index (κ1) is 33.5. The van der Waals surface area contributed by atoms with E-state index in [-0.39, 0.29) is 69.7 Å². The number of anilines is 1. The van der Waals surface area contributed by atoms with E-state index in [9.17, 15) is 34.2 Å². The van der Waals surface area contributed by atoms with E-state index in [1.807, 2.05) is 0 Å². The van der Waals surface area contributed by atoms with E-state index in [2.05, 4.69) is 30.8 Å². The number of nitrogens with two attached hydrogens (primary N) is 1. The largest absolute Gasteiger partial charge is 1.00 e.